The fraction of sp³-hybridized carbons (Fsp3) is 0.0769. The van der Waals surface area contributed by atoms with Gasteiger partial charge in [0.05, 0.1) is 0 Å². The van der Waals surface area contributed by atoms with E-state index in [1.807, 2.05) is 24.3 Å². The number of nitrogens with one attached hydrogen (secondary N) is 1. The Balaban J connectivity index is 1.19. The monoisotopic (exact) mass is 541 g/mol. The van der Waals surface area contributed by atoms with Crippen molar-refractivity contribution >= 4 is 55.3 Å². The first-order chi connectivity index (χ1) is 20.6. The average Bonchev–Trinajstić information content (AvgIpc) is 3.60. The van der Waals surface area contributed by atoms with Crippen LogP contribution in [0, 0.1) is 0 Å². The maximum atomic E-state index is 6.39. The molecule has 0 unspecified atom stereocenters. The Kier molecular flexibility index (Phi) is 4.67. The van der Waals surface area contributed by atoms with Crippen LogP contribution in [-0.2, 0) is 5.41 Å². The van der Waals surface area contributed by atoms with E-state index in [-0.39, 0.29) is 5.41 Å². The second kappa shape index (κ2) is 8.37. The Morgan fingerprint density at radius 1 is 0.476 bits per heavy atom. The van der Waals surface area contributed by atoms with E-state index >= 15 is 0 Å². The van der Waals surface area contributed by atoms with Crippen LogP contribution >= 0.6 is 0 Å². The van der Waals surface area contributed by atoms with Crippen molar-refractivity contribution in [3.8, 4) is 22.3 Å². The highest BCUT2D eigenvalue weighted by molar-refractivity contribution is 6.10. The quantitative estimate of drug-likeness (QED) is 0.236. The molecule has 0 atom stereocenters. The molecule has 3 heteroatoms. The average molecular weight is 542 g/mol. The number of furan rings is 2. The summed E-state index contributed by atoms with van der Waals surface area (Å²) < 4.78 is 12.8. The van der Waals surface area contributed by atoms with Crippen LogP contribution in [0.4, 0.5) is 11.4 Å². The van der Waals surface area contributed by atoms with Crippen LogP contribution in [0.3, 0.4) is 0 Å². The van der Waals surface area contributed by atoms with Crippen LogP contribution in [0.2, 0.25) is 0 Å². The van der Waals surface area contributed by atoms with Gasteiger partial charge in [-0.05, 0) is 58.7 Å². The fourth-order valence-electron chi connectivity index (χ4n) is 6.91. The molecule has 0 aliphatic carbocycles. The van der Waals surface area contributed by atoms with E-state index in [4.69, 9.17) is 8.83 Å². The lowest BCUT2D eigenvalue weighted by Gasteiger charge is -2.36. The van der Waals surface area contributed by atoms with Crippen LogP contribution in [0.25, 0.3) is 66.1 Å². The van der Waals surface area contributed by atoms with Crippen molar-refractivity contribution in [1.29, 1.82) is 0 Å². The molecule has 2 aromatic heterocycles. The third-order valence-electron chi connectivity index (χ3n) is 9.09. The van der Waals surface area contributed by atoms with Gasteiger partial charge in [-0.3, -0.25) is 0 Å². The van der Waals surface area contributed by atoms with Gasteiger partial charge in [0.25, 0.3) is 0 Å². The van der Waals surface area contributed by atoms with E-state index in [0.29, 0.717) is 0 Å². The Hall–Kier alpha value is -5.28. The first-order valence-electron chi connectivity index (χ1n) is 14.4. The molecule has 0 saturated heterocycles. The zero-order chi connectivity index (χ0) is 28.0. The zero-order valence-corrected chi connectivity index (χ0v) is 23.4. The van der Waals surface area contributed by atoms with E-state index < -0.39 is 0 Å². The van der Waals surface area contributed by atoms with E-state index in [9.17, 15) is 0 Å². The predicted molar refractivity (Wildman–Crippen MR) is 174 cm³/mol. The maximum absolute atomic E-state index is 6.39. The van der Waals surface area contributed by atoms with Gasteiger partial charge in [0, 0.05) is 49.5 Å². The summed E-state index contributed by atoms with van der Waals surface area (Å²) in [6.45, 7) is 4.64. The van der Waals surface area contributed by atoms with Gasteiger partial charge in [0.2, 0.25) is 0 Å². The van der Waals surface area contributed by atoms with Gasteiger partial charge < -0.3 is 14.2 Å². The Bertz CT molecular complexity index is 2200. The normalized spacial score (nSPS) is 13.9. The first kappa shape index (κ1) is 23.4. The van der Waals surface area contributed by atoms with E-state index in [1.165, 1.54) is 11.1 Å². The second-order valence-electron chi connectivity index (χ2n) is 11.8. The molecule has 1 aliphatic heterocycles. The highest BCUT2D eigenvalue weighted by Gasteiger charge is 2.33. The highest BCUT2D eigenvalue weighted by Crippen LogP contribution is 2.49. The van der Waals surface area contributed by atoms with Gasteiger partial charge >= 0.3 is 0 Å². The van der Waals surface area contributed by atoms with Crippen LogP contribution in [0.1, 0.15) is 25.0 Å². The van der Waals surface area contributed by atoms with Crippen molar-refractivity contribution in [3.05, 3.63) is 132 Å². The number of benzene rings is 6. The number of hydrogen-bond acceptors (Lipinski definition) is 3. The van der Waals surface area contributed by atoms with Crippen LogP contribution in [0.15, 0.2) is 130 Å². The molecule has 1 aliphatic rings. The van der Waals surface area contributed by atoms with Gasteiger partial charge in [0.15, 0.2) is 0 Å². The molecule has 200 valence electrons. The largest absolute Gasteiger partial charge is 0.455 e. The van der Waals surface area contributed by atoms with Gasteiger partial charge in [-0.15, -0.1) is 0 Å². The lowest BCUT2D eigenvalue weighted by molar-refractivity contribution is 0.638. The third kappa shape index (κ3) is 3.22. The van der Waals surface area contributed by atoms with Gasteiger partial charge in [0.1, 0.15) is 22.3 Å². The zero-order valence-electron chi connectivity index (χ0n) is 23.4. The Morgan fingerprint density at radius 3 is 1.43 bits per heavy atom. The lowest BCUT2D eigenvalue weighted by atomic mass is 9.73. The Labute approximate surface area is 243 Å². The van der Waals surface area contributed by atoms with Gasteiger partial charge in [-0.25, -0.2) is 0 Å². The molecule has 6 aromatic carbocycles. The van der Waals surface area contributed by atoms with Crippen molar-refractivity contribution in [1.82, 2.24) is 0 Å². The summed E-state index contributed by atoms with van der Waals surface area (Å²) in [4.78, 5) is 0. The smallest absolute Gasteiger partial charge is 0.143 e. The van der Waals surface area contributed by atoms with Crippen molar-refractivity contribution in [2.24, 2.45) is 0 Å². The summed E-state index contributed by atoms with van der Waals surface area (Å²) in [5.74, 6) is 0. The van der Waals surface area contributed by atoms with Crippen LogP contribution < -0.4 is 5.32 Å². The van der Waals surface area contributed by atoms with Crippen molar-refractivity contribution < 1.29 is 8.83 Å². The summed E-state index contributed by atoms with van der Waals surface area (Å²) >= 11 is 0. The first-order valence-corrected chi connectivity index (χ1v) is 14.4. The molecule has 3 nitrogen and oxygen atoms in total. The molecule has 8 aromatic rings. The number of anilines is 2. The van der Waals surface area contributed by atoms with Crippen molar-refractivity contribution in [2.45, 2.75) is 19.3 Å². The molecule has 9 rings (SSSR count). The van der Waals surface area contributed by atoms with Gasteiger partial charge in [-0.1, -0.05) is 98.8 Å². The third-order valence-corrected chi connectivity index (χ3v) is 9.09. The minimum Gasteiger partial charge on any atom is -0.455 e. The summed E-state index contributed by atoms with van der Waals surface area (Å²) in [5.41, 5.74) is 12.8. The van der Waals surface area contributed by atoms with Gasteiger partial charge in [-0.2, -0.15) is 0 Å². The SMILES string of the molecule is CC1(C)c2cc(-c3cccc4c3oc3ccccc34)ccc2Nc2ccc(-c3cccc4c3oc3ccccc34)cc21. The van der Waals surface area contributed by atoms with Crippen molar-refractivity contribution in [2.75, 3.05) is 5.32 Å². The van der Waals surface area contributed by atoms with E-state index in [1.54, 1.807) is 0 Å². The molecule has 0 fully saturated rings. The molecule has 1 N–H and O–H groups in total. The molecular formula is C39H27NO2. The summed E-state index contributed by atoms with van der Waals surface area (Å²) in [6.07, 6.45) is 0. The topological polar surface area (TPSA) is 38.3 Å². The molecule has 0 bridgehead atoms. The predicted octanol–water partition coefficient (Wildman–Crippen LogP) is 11.2. The molecule has 42 heavy (non-hydrogen) atoms. The molecule has 0 spiro atoms. The lowest BCUT2D eigenvalue weighted by Crippen LogP contribution is -2.26. The number of fused-ring (bicyclic) bond motifs is 8. The van der Waals surface area contributed by atoms with E-state index in [0.717, 1.165) is 77.5 Å². The molecule has 3 heterocycles. The number of rotatable bonds is 2. The van der Waals surface area contributed by atoms with Crippen LogP contribution in [-0.4, -0.2) is 0 Å². The van der Waals surface area contributed by atoms with Crippen LogP contribution in [0.5, 0.6) is 0 Å². The Morgan fingerprint density at radius 2 is 0.929 bits per heavy atom. The summed E-state index contributed by atoms with van der Waals surface area (Å²) in [5, 5.41) is 8.31. The minimum absolute atomic E-state index is 0.231. The molecular weight excluding hydrogens is 514 g/mol. The summed E-state index contributed by atoms with van der Waals surface area (Å²) in [7, 11) is 0. The standard InChI is InChI=1S/C39H27NO2/c1-39(2)31-21-23(25-11-7-13-29-27-9-3-5-15-35(27)41-37(25)29)17-19-33(31)40-34-20-18-24(22-32(34)39)26-12-8-14-30-28-10-4-6-16-36(28)42-38(26)30/h3-22,40H,1-2H3. The molecule has 0 amide bonds. The summed E-state index contributed by atoms with van der Waals surface area (Å²) in [6, 6.07) is 42.9. The number of para-hydroxylation sites is 4. The highest BCUT2D eigenvalue weighted by atomic mass is 16.3. The molecule has 0 saturated carbocycles. The second-order valence-corrected chi connectivity index (χ2v) is 11.8. The molecule has 0 radical (unpaired) electrons. The van der Waals surface area contributed by atoms with Crippen molar-refractivity contribution in [3.63, 3.8) is 0 Å². The number of hydrogen-bond donors (Lipinski definition) is 1. The maximum Gasteiger partial charge on any atom is 0.143 e. The van der Waals surface area contributed by atoms with E-state index in [2.05, 4.69) is 116 Å². The fourth-order valence-corrected chi connectivity index (χ4v) is 6.91. The minimum atomic E-state index is -0.231.